The molecule has 0 bridgehead atoms. The number of aryl methyl sites for hydroxylation is 1. The number of carbonyl (C=O) groups is 1. The first-order valence-corrected chi connectivity index (χ1v) is 11.1. The number of hydrogen-bond acceptors (Lipinski definition) is 4. The van der Waals surface area contributed by atoms with E-state index in [2.05, 4.69) is 63.0 Å². The number of rotatable bonds is 4. The third-order valence-corrected chi connectivity index (χ3v) is 6.56. The molecule has 31 heavy (non-hydrogen) atoms. The van der Waals surface area contributed by atoms with Crippen LogP contribution in [-0.2, 0) is 4.79 Å². The number of hydrogen-bond donors (Lipinski definition) is 2. The molecule has 0 atom stereocenters. The number of amides is 1. The highest BCUT2D eigenvalue weighted by atomic mass is 32.1. The highest BCUT2D eigenvalue weighted by Gasteiger charge is 2.15. The van der Waals surface area contributed by atoms with Crippen molar-refractivity contribution in [2.24, 2.45) is 5.92 Å². The number of benzene rings is 2. The van der Waals surface area contributed by atoms with Crippen LogP contribution in [0.1, 0.15) is 19.5 Å². The minimum Gasteiger partial charge on any atom is -0.310 e. The van der Waals surface area contributed by atoms with Crippen LogP contribution in [-0.4, -0.2) is 21.1 Å². The van der Waals surface area contributed by atoms with E-state index in [1.165, 1.54) is 15.0 Å². The zero-order chi connectivity index (χ0) is 21.5. The maximum atomic E-state index is 12.0. The van der Waals surface area contributed by atoms with E-state index >= 15 is 0 Å². The molecule has 3 heterocycles. The van der Waals surface area contributed by atoms with Crippen LogP contribution < -0.4 is 5.32 Å². The summed E-state index contributed by atoms with van der Waals surface area (Å²) in [4.78, 5) is 17.8. The highest BCUT2D eigenvalue weighted by Crippen LogP contribution is 2.39. The lowest BCUT2D eigenvalue weighted by Crippen LogP contribution is -2.18. The Morgan fingerprint density at radius 3 is 2.65 bits per heavy atom. The predicted molar refractivity (Wildman–Crippen MR) is 128 cm³/mol. The van der Waals surface area contributed by atoms with Crippen molar-refractivity contribution in [3.05, 3.63) is 66.5 Å². The Hall–Kier alpha value is -3.51. The van der Waals surface area contributed by atoms with Gasteiger partial charge in [0, 0.05) is 37.7 Å². The molecule has 0 aliphatic heterocycles. The molecule has 0 fully saturated rings. The molecule has 5 nitrogen and oxygen atoms in total. The Morgan fingerprint density at radius 1 is 1.03 bits per heavy atom. The lowest BCUT2D eigenvalue weighted by Gasteiger charge is -2.12. The van der Waals surface area contributed by atoms with Crippen molar-refractivity contribution in [2.45, 2.75) is 20.8 Å². The number of thiophene rings is 1. The first kappa shape index (κ1) is 19.5. The van der Waals surface area contributed by atoms with Crippen LogP contribution in [0.25, 0.3) is 42.6 Å². The highest BCUT2D eigenvalue weighted by molar-refractivity contribution is 7.22. The Bertz CT molecular complexity index is 1400. The number of fused-ring (bicyclic) bond motifs is 2. The molecule has 0 unspecified atom stereocenters. The molecule has 2 aromatic carbocycles. The summed E-state index contributed by atoms with van der Waals surface area (Å²) >= 11 is 1.78. The average Bonchev–Trinajstić information content (AvgIpc) is 3.39. The summed E-state index contributed by atoms with van der Waals surface area (Å²) in [6.45, 7) is 5.71. The van der Waals surface area contributed by atoms with Gasteiger partial charge in [0.2, 0.25) is 5.91 Å². The third-order valence-electron chi connectivity index (χ3n) is 5.41. The van der Waals surface area contributed by atoms with E-state index in [1.54, 1.807) is 11.3 Å². The van der Waals surface area contributed by atoms with Gasteiger partial charge in [0.25, 0.3) is 0 Å². The fourth-order valence-corrected chi connectivity index (χ4v) is 4.81. The van der Waals surface area contributed by atoms with Crippen molar-refractivity contribution in [3.63, 3.8) is 0 Å². The topological polar surface area (TPSA) is 70.7 Å². The third kappa shape index (κ3) is 3.59. The van der Waals surface area contributed by atoms with Crippen LogP contribution in [0.4, 0.5) is 5.82 Å². The number of aromatic amines is 1. The number of aromatic nitrogens is 3. The van der Waals surface area contributed by atoms with Crippen molar-refractivity contribution >= 4 is 44.1 Å². The molecule has 2 N–H and O–H groups in total. The van der Waals surface area contributed by atoms with Crippen molar-refractivity contribution in [1.82, 2.24) is 15.2 Å². The molecular weight excluding hydrogens is 404 g/mol. The summed E-state index contributed by atoms with van der Waals surface area (Å²) < 4.78 is 1.26. The summed E-state index contributed by atoms with van der Waals surface area (Å²) in [6.07, 6.45) is 1.86. The summed E-state index contributed by atoms with van der Waals surface area (Å²) in [5, 5.41) is 12.6. The molecule has 5 rings (SSSR count). The van der Waals surface area contributed by atoms with E-state index in [9.17, 15) is 4.79 Å². The van der Waals surface area contributed by atoms with Gasteiger partial charge in [-0.05, 0) is 54.3 Å². The maximum absolute atomic E-state index is 12.0. The van der Waals surface area contributed by atoms with E-state index in [-0.39, 0.29) is 11.8 Å². The van der Waals surface area contributed by atoms with Crippen LogP contribution in [0.3, 0.4) is 0 Å². The molecule has 0 aliphatic rings. The number of anilines is 1. The number of H-pyrrole nitrogens is 1. The quantitative estimate of drug-likeness (QED) is 0.349. The van der Waals surface area contributed by atoms with Gasteiger partial charge in [-0.3, -0.25) is 9.89 Å². The van der Waals surface area contributed by atoms with Gasteiger partial charge in [-0.2, -0.15) is 5.10 Å². The van der Waals surface area contributed by atoms with Gasteiger partial charge in [-0.25, -0.2) is 4.98 Å². The van der Waals surface area contributed by atoms with Gasteiger partial charge in [-0.1, -0.05) is 32.0 Å². The first-order chi connectivity index (χ1) is 15.0. The molecule has 0 radical (unpaired) electrons. The second-order valence-corrected chi connectivity index (χ2v) is 9.06. The van der Waals surface area contributed by atoms with E-state index in [0.717, 1.165) is 33.3 Å². The zero-order valence-electron chi connectivity index (χ0n) is 17.6. The van der Waals surface area contributed by atoms with Gasteiger partial charge < -0.3 is 5.32 Å². The molecule has 6 heteroatoms. The Balaban J connectivity index is 1.60. The standard InChI is InChI=1S/C25H22N4OS/c1-14(2)25(30)28-23-9-8-19(15(3)27-23)17-10-18-13-26-29-24(18)20(11-17)22-12-16-6-4-5-7-21(16)31-22/h4-14H,1-3H3,(H,26,29)(H,27,28,30). The Kier molecular flexibility index (Phi) is 4.79. The van der Waals surface area contributed by atoms with Crippen LogP contribution >= 0.6 is 11.3 Å². The average molecular weight is 427 g/mol. The summed E-state index contributed by atoms with van der Waals surface area (Å²) in [7, 11) is 0. The van der Waals surface area contributed by atoms with E-state index in [0.29, 0.717) is 5.82 Å². The maximum Gasteiger partial charge on any atom is 0.228 e. The van der Waals surface area contributed by atoms with Gasteiger partial charge >= 0.3 is 0 Å². The summed E-state index contributed by atoms with van der Waals surface area (Å²) in [6, 6.07) is 18.9. The van der Waals surface area contributed by atoms with Crippen molar-refractivity contribution in [1.29, 1.82) is 0 Å². The van der Waals surface area contributed by atoms with Crippen LogP contribution in [0.2, 0.25) is 0 Å². The molecule has 154 valence electrons. The number of carbonyl (C=O) groups excluding carboxylic acids is 1. The van der Waals surface area contributed by atoms with Crippen LogP contribution in [0.15, 0.2) is 60.8 Å². The van der Waals surface area contributed by atoms with E-state index in [1.807, 2.05) is 39.1 Å². The van der Waals surface area contributed by atoms with Crippen LogP contribution in [0.5, 0.6) is 0 Å². The molecule has 0 saturated carbocycles. The number of pyridine rings is 1. The van der Waals surface area contributed by atoms with Crippen molar-refractivity contribution in [2.75, 3.05) is 5.32 Å². The number of nitrogens with zero attached hydrogens (tertiary/aromatic N) is 2. The van der Waals surface area contributed by atoms with Gasteiger partial charge in [0.1, 0.15) is 5.82 Å². The van der Waals surface area contributed by atoms with Gasteiger partial charge in [0.05, 0.1) is 11.7 Å². The monoisotopic (exact) mass is 426 g/mol. The van der Waals surface area contributed by atoms with Gasteiger partial charge in [0.15, 0.2) is 0 Å². The fourth-order valence-electron chi connectivity index (χ4n) is 3.73. The van der Waals surface area contributed by atoms with E-state index < -0.39 is 0 Å². The fraction of sp³-hybridized carbons (Fsp3) is 0.160. The second kappa shape index (κ2) is 7.63. The Labute approximate surface area is 184 Å². The molecule has 3 aromatic heterocycles. The largest absolute Gasteiger partial charge is 0.310 e. The van der Waals surface area contributed by atoms with Gasteiger partial charge in [-0.15, -0.1) is 11.3 Å². The number of nitrogens with one attached hydrogen (secondary N) is 2. The lowest BCUT2D eigenvalue weighted by atomic mass is 9.98. The first-order valence-electron chi connectivity index (χ1n) is 10.2. The minimum atomic E-state index is -0.0888. The minimum absolute atomic E-state index is 0.0356. The lowest BCUT2D eigenvalue weighted by molar-refractivity contribution is -0.118. The molecule has 0 aliphatic carbocycles. The smallest absolute Gasteiger partial charge is 0.228 e. The summed E-state index contributed by atoms with van der Waals surface area (Å²) in [5.74, 6) is 0.453. The molecule has 0 spiro atoms. The molecule has 0 saturated heterocycles. The summed E-state index contributed by atoms with van der Waals surface area (Å²) in [5.41, 5.74) is 5.14. The Morgan fingerprint density at radius 2 is 1.87 bits per heavy atom. The van der Waals surface area contributed by atoms with E-state index in [4.69, 9.17) is 0 Å². The SMILES string of the molecule is Cc1nc(NC(=O)C(C)C)ccc1-c1cc(-c2cc3ccccc3s2)c2[nH]ncc2c1. The van der Waals surface area contributed by atoms with Crippen molar-refractivity contribution < 1.29 is 4.79 Å². The second-order valence-electron chi connectivity index (χ2n) is 7.98. The normalized spacial score (nSPS) is 11.5. The molecular formula is C25H22N4OS. The molecule has 5 aromatic rings. The van der Waals surface area contributed by atoms with Crippen molar-refractivity contribution in [3.8, 4) is 21.6 Å². The zero-order valence-corrected chi connectivity index (χ0v) is 18.4. The molecule has 1 amide bonds. The van der Waals surface area contributed by atoms with Crippen LogP contribution in [0, 0.1) is 12.8 Å². The predicted octanol–water partition coefficient (Wildman–Crippen LogP) is 6.41.